The average Bonchev–Trinajstić information content (AvgIpc) is 3.07. The van der Waals surface area contributed by atoms with Gasteiger partial charge in [-0.1, -0.05) is 5.21 Å². The number of hydrogen-bond donors (Lipinski definition) is 3. The number of carboxylic acid groups (broad SMARTS) is 1. The van der Waals surface area contributed by atoms with Crippen LogP contribution in [0.5, 0.6) is 0 Å². The third kappa shape index (κ3) is 3.12. The second kappa shape index (κ2) is 5.96. The summed E-state index contributed by atoms with van der Waals surface area (Å²) in [7, 11) is 0. The van der Waals surface area contributed by atoms with Gasteiger partial charge in [0, 0.05) is 6.54 Å². The lowest BCUT2D eigenvalue weighted by Gasteiger charge is -2.05. The maximum absolute atomic E-state index is 11.7. The molecule has 2 amide bonds. The molecule has 0 radical (unpaired) electrons. The van der Waals surface area contributed by atoms with Gasteiger partial charge < -0.3 is 15.3 Å². The van der Waals surface area contributed by atoms with Gasteiger partial charge in [0.25, 0.3) is 5.91 Å². The predicted octanol–water partition coefficient (Wildman–Crippen LogP) is -1.02. The molecule has 0 atom stereocenters. The molecule has 0 aliphatic heterocycles. The Morgan fingerprint density at radius 3 is 2.76 bits per heavy atom. The number of nitrogens with zero attached hydrogens (tertiary/aromatic N) is 3. The number of amides is 2. The number of furan rings is 1. The summed E-state index contributed by atoms with van der Waals surface area (Å²) in [5.41, 5.74) is 5.17. The van der Waals surface area contributed by atoms with Gasteiger partial charge in [0.2, 0.25) is 5.91 Å². The summed E-state index contributed by atoms with van der Waals surface area (Å²) in [5.74, 6) is -2.73. The summed E-state index contributed by atoms with van der Waals surface area (Å²) in [4.78, 5) is 34.2. The number of carboxylic acids is 1. The zero-order valence-corrected chi connectivity index (χ0v) is 10.6. The SMILES string of the molecule is NCc1c(C(=O)O)nnn1CC(=O)NC(=O)c1ccco1. The number of hydrogen-bond acceptors (Lipinski definition) is 7. The third-order valence-electron chi connectivity index (χ3n) is 2.52. The Bertz CT molecular complexity index is 675. The molecule has 0 saturated heterocycles. The van der Waals surface area contributed by atoms with E-state index in [1.54, 1.807) is 0 Å². The van der Waals surface area contributed by atoms with Crippen LogP contribution < -0.4 is 11.1 Å². The number of carbonyl (C=O) groups is 3. The van der Waals surface area contributed by atoms with Crippen molar-refractivity contribution in [1.29, 1.82) is 0 Å². The van der Waals surface area contributed by atoms with E-state index in [4.69, 9.17) is 15.3 Å². The predicted molar refractivity (Wildman–Crippen MR) is 66.1 cm³/mol. The molecular formula is C11H11N5O5. The Hall–Kier alpha value is -3.01. The van der Waals surface area contributed by atoms with Crippen molar-refractivity contribution in [3.05, 3.63) is 35.5 Å². The summed E-state index contributed by atoms with van der Waals surface area (Å²) in [6.45, 7) is -0.548. The van der Waals surface area contributed by atoms with Crippen LogP contribution in [0.1, 0.15) is 26.7 Å². The van der Waals surface area contributed by atoms with Gasteiger partial charge in [-0.3, -0.25) is 14.9 Å². The summed E-state index contributed by atoms with van der Waals surface area (Å²) >= 11 is 0. The van der Waals surface area contributed by atoms with E-state index in [0.29, 0.717) is 0 Å². The molecule has 110 valence electrons. The van der Waals surface area contributed by atoms with E-state index in [2.05, 4.69) is 15.6 Å². The fraction of sp³-hybridized carbons (Fsp3) is 0.182. The van der Waals surface area contributed by atoms with Crippen LogP contribution in [-0.2, 0) is 17.9 Å². The molecule has 0 bridgehead atoms. The molecule has 10 nitrogen and oxygen atoms in total. The number of rotatable bonds is 5. The molecule has 21 heavy (non-hydrogen) atoms. The molecule has 2 aromatic heterocycles. The van der Waals surface area contributed by atoms with E-state index >= 15 is 0 Å². The molecule has 0 fully saturated rings. The number of nitrogens with one attached hydrogen (secondary N) is 1. The van der Waals surface area contributed by atoms with E-state index < -0.39 is 17.8 Å². The first kappa shape index (κ1) is 14.4. The van der Waals surface area contributed by atoms with Crippen LogP contribution in [0.2, 0.25) is 0 Å². The van der Waals surface area contributed by atoms with Crippen LogP contribution in [0.15, 0.2) is 22.8 Å². The van der Waals surface area contributed by atoms with E-state index in [-0.39, 0.29) is 30.2 Å². The van der Waals surface area contributed by atoms with Crippen LogP contribution in [0.4, 0.5) is 0 Å². The topological polar surface area (TPSA) is 153 Å². The first-order chi connectivity index (χ1) is 10.0. The lowest BCUT2D eigenvalue weighted by Crippen LogP contribution is -2.34. The summed E-state index contributed by atoms with van der Waals surface area (Å²) in [6, 6.07) is 2.90. The lowest BCUT2D eigenvalue weighted by atomic mass is 10.3. The van der Waals surface area contributed by atoms with Crippen molar-refractivity contribution in [1.82, 2.24) is 20.3 Å². The van der Waals surface area contributed by atoms with Crippen molar-refractivity contribution >= 4 is 17.8 Å². The molecule has 0 aliphatic carbocycles. The highest BCUT2D eigenvalue weighted by atomic mass is 16.4. The number of aromatic nitrogens is 3. The monoisotopic (exact) mass is 293 g/mol. The van der Waals surface area contributed by atoms with Crippen molar-refractivity contribution < 1.29 is 23.9 Å². The zero-order chi connectivity index (χ0) is 15.4. The van der Waals surface area contributed by atoms with Gasteiger partial charge in [-0.25, -0.2) is 9.48 Å². The van der Waals surface area contributed by atoms with Gasteiger partial charge in [0.1, 0.15) is 6.54 Å². The molecule has 2 aromatic rings. The molecule has 0 saturated carbocycles. The summed E-state index contributed by atoms with van der Waals surface area (Å²) in [6.07, 6.45) is 1.29. The maximum atomic E-state index is 11.7. The smallest absolute Gasteiger partial charge is 0.358 e. The summed E-state index contributed by atoms with van der Waals surface area (Å²) in [5, 5.41) is 17.9. The quantitative estimate of drug-likeness (QED) is 0.633. The minimum absolute atomic E-state index is 0.0211. The normalized spacial score (nSPS) is 10.3. The van der Waals surface area contributed by atoms with Gasteiger partial charge in [0.15, 0.2) is 11.5 Å². The lowest BCUT2D eigenvalue weighted by molar-refractivity contribution is -0.121. The molecule has 0 aromatic carbocycles. The summed E-state index contributed by atoms with van der Waals surface area (Å²) < 4.78 is 5.85. The van der Waals surface area contributed by atoms with Gasteiger partial charge >= 0.3 is 5.97 Å². The average molecular weight is 293 g/mol. The molecule has 4 N–H and O–H groups in total. The van der Waals surface area contributed by atoms with Gasteiger partial charge in [-0.05, 0) is 12.1 Å². The fourth-order valence-corrected chi connectivity index (χ4v) is 1.60. The Morgan fingerprint density at radius 1 is 1.43 bits per heavy atom. The van der Waals surface area contributed by atoms with E-state index in [1.165, 1.54) is 18.4 Å². The van der Waals surface area contributed by atoms with E-state index in [0.717, 1.165) is 4.68 Å². The van der Waals surface area contributed by atoms with Crippen molar-refractivity contribution in [2.24, 2.45) is 5.73 Å². The van der Waals surface area contributed by atoms with E-state index in [1.807, 2.05) is 0 Å². The molecule has 2 heterocycles. The highest BCUT2D eigenvalue weighted by molar-refractivity contribution is 6.03. The second-order valence-electron chi connectivity index (χ2n) is 3.91. The first-order valence-electron chi connectivity index (χ1n) is 5.76. The van der Waals surface area contributed by atoms with Crippen molar-refractivity contribution in [3.8, 4) is 0 Å². The molecule has 0 spiro atoms. The Labute approximate surface area is 117 Å². The molecule has 0 aliphatic rings. The maximum Gasteiger partial charge on any atom is 0.358 e. The van der Waals surface area contributed by atoms with E-state index in [9.17, 15) is 14.4 Å². The van der Waals surface area contributed by atoms with Crippen LogP contribution in [0, 0.1) is 0 Å². The van der Waals surface area contributed by atoms with Crippen LogP contribution >= 0.6 is 0 Å². The number of aromatic carboxylic acids is 1. The number of imide groups is 1. The van der Waals surface area contributed by atoms with Crippen LogP contribution in [-0.4, -0.2) is 37.9 Å². The third-order valence-corrected chi connectivity index (χ3v) is 2.52. The molecule has 2 rings (SSSR count). The highest BCUT2D eigenvalue weighted by Crippen LogP contribution is 2.05. The fourth-order valence-electron chi connectivity index (χ4n) is 1.60. The van der Waals surface area contributed by atoms with Gasteiger partial charge in [0.05, 0.1) is 12.0 Å². The van der Waals surface area contributed by atoms with Crippen molar-refractivity contribution in [2.45, 2.75) is 13.1 Å². The minimum atomic E-state index is -1.30. The molecule has 0 unspecified atom stereocenters. The second-order valence-corrected chi connectivity index (χ2v) is 3.91. The highest BCUT2D eigenvalue weighted by Gasteiger charge is 2.20. The van der Waals surface area contributed by atoms with Crippen molar-refractivity contribution in [2.75, 3.05) is 0 Å². The Kier molecular flexibility index (Phi) is 4.09. The van der Waals surface area contributed by atoms with Crippen LogP contribution in [0.25, 0.3) is 0 Å². The van der Waals surface area contributed by atoms with Crippen molar-refractivity contribution in [3.63, 3.8) is 0 Å². The molecule has 10 heteroatoms. The first-order valence-corrected chi connectivity index (χ1v) is 5.76. The van der Waals surface area contributed by atoms with Crippen LogP contribution in [0.3, 0.4) is 0 Å². The minimum Gasteiger partial charge on any atom is -0.476 e. The molecular weight excluding hydrogens is 282 g/mol. The van der Waals surface area contributed by atoms with Gasteiger partial charge in [-0.15, -0.1) is 5.10 Å². The van der Waals surface area contributed by atoms with Gasteiger partial charge in [-0.2, -0.15) is 0 Å². The Morgan fingerprint density at radius 2 is 2.19 bits per heavy atom. The largest absolute Gasteiger partial charge is 0.476 e. The Balaban J connectivity index is 2.06. The standard InChI is InChI=1S/C11H11N5O5/c12-4-6-9(11(19)20)14-15-16(6)5-8(17)13-10(18)7-2-1-3-21-7/h1-3H,4-5,12H2,(H,19,20)(H,13,17,18). The zero-order valence-electron chi connectivity index (χ0n) is 10.6. The number of carbonyl (C=O) groups excluding carboxylic acids is 2. The number of nitrogens with two attached hydrogens (primary N) is 1.